The van der Waals surface area contributed by atoms with Crippen LogP contribution < -0.4 is 5.73 Å². The van der Waals surface area contributed by atoms with Crippen LogP contribution in [0.5, 0.6) is 0 Å². The van der Waals surface area contributed by atoms with Gasteiger partial charge in [0.15, 0.2) is 5.82 Å². The Morgan fingerprint density at radius 1 is 0.944 bits per heavy atom. The summed E-state index contributed by atoms with van der Waals surface area (Å²) in [6.07, 6.45) is 2.93. The Morgan fingerprint density at radius 3 is 2.36 bits per heavy atom. The Labute approximate surface area is 213 Å². The van der Waals surface area contributed by atoms with Crippen LogP contribution in [0.1, 0.15) is 16.1 Å². The summed E-state index contributed by atoms with van der Waals surface area (Å²) in [4.78, 5) is 27.8. The van der Waals surface area contributed by atoms with Gasteiger partial charge in [-0.1, -0.05) is 29.8 Å². The number of carbonyl (C=O) groups is 1. The van der Waals surface area contributed by atoms with E-state index in [4.69, 9.17) is 17.3 Å². The van der Waals surface area contributed by atoms with E-state index in [2.05, 4.69) is 15.0 Å². The number of nitrogens with two attached hydrogens (primary N) is 1. The van der Waals surface area contributed by atoms with Gasteiger partial charge in [0.2, 0.25) is 10.0 Å². The summed E-state index contributed by atoms with van der Waals surface area (Å²) in [5.74, 6) is 0.153. The molecule has 11 heteroatoms. The summed E-state index contributed by atoms with van der Waals surface area (Å²) in [5.41, 5.74) is 7.27. The number of nitrogens with zero attached hydrogens (tertiary/aromatic N) is 5. The first-order chi connectivity index (χ1) is 17.3. The minimum atomic E-state index is -3.70. The van der Waals surface area contributed by atoms with Gasteiger partial charge in [0, 0.05) is 50.1 Å². The highest BCUT2D eigenvalue weighted by Gasteiger charge is 2.30. The van der Waals surface area contributed by atoms with Crippen molar-refractivity contribution in [3.63, 3.8) is 0 Å². The number of sulfonamides is 1. The summed E-state index contributed by atoms with van der Waals surface area (Å²) < 4.78 is 27.9. The van der Waals surface area contributed by atoms with Crippen molar-refractivity contribution in [2.24, 2.45) is 5.73 Å². The zero-order valence-electron chi connectivity index (χ0n) is 19.2. The van der Waals surface area contributed by atoms with Gasteiger partial charge in [-0.2, -0.15) is 4.31 Å². The number of amides is 1. The third-order valence-corrected chi connectivity index (χ3v) is 8.21. The molecule has 1 aliphatic rings. The third kappa shape index (κ3) is 4.80. The average Bonchev–Trinajstić information content (AvgIpc) is 2.92. The number of halogens is 1. The van der Waals surface area contributed by atoms with E-state index in [1.165, 1.54) is 16.7 Å². The van der Waals surface area contributed by atoms with Gasteiger partial charge in [0.25, 0.3) is 5.91 Å². The van der Waals surface area contributed by atoms with Crippen molar-refractivity contribution < 1.29 is 13.2 Å². The van der Waals surface area contributed by atoms with Crippen molar-refractivity contribution >= 4 is 38.3 Å². The van der Waals surface area contributed by atoms with Crippen molar-refractivity contribution in [2.75, 3.05) is 26.2 Å². The molecule has 2 aromatic heterocycles. The highest BCUT2D eigenvalue weighted by atomic mass is 35.5. The number of piperazine rings is 1. The molecule has 1 saturated heterocycles. The van der Waals surface area contributed by atoms with Gasteiger partial charge < -0.3 is 10.6 Å². The number of rotatable bonds is 5. The lowest BCUT2D eigenvalue weighted by molar-refractivity contribution is 0.0697. The Bertz CT molecular complexity index is 1540. The van der Waals surface area contributed by atoms with Crippen molar-refractivity contribution in [3.8, 4) is 11.5 Å². The van der Waals surface area contributed by atoms with E-state index in [0.717, 1.165) is 16.5 Å². The molecular weight excluding hydrogens is 500 g/mol. The standard InChI is InChI=1S/C25H23ClN6O3S/c26-20-6-4-18-13-22(7-5-17(18)12-20)36(34,35)32-10-8-31(9-11-32)25(33)19-15-28-24(29-16-19)23-3-1-2-21(14-27)30-23/h1-7,12-13,15-16H,8-11,14,27H2. The molecule has 0 unspecified atom stereocenters. The number of pyridine rings is 1. The second-order valence-corrected chi connectivity index (χ2v) is 10.7. The molecule has 2 N–H and O–H groups in total. The SMILES string of the molecule is NCc1cccc(-c2ncc(C(=O)N3CCN(S(=O)(=O)c4ccc5cc(Cl)ccc5c4)CC3)cn2)n1. The number of carbonyl (C=O) groups excluding carboxylic acids is 1. The molecule has 9 nitrogen and oxygen atoms in total. The summed E-state index contributed by atoms with van der Waals surface area (Å²) in [6.45, 7) is 1.23. The maximum absolute atomic E-state index is 13.2. The predicted molar refractivity (Wildman–Crippen MR) is 137 cm³/mol. The lowest BCUT2D eigenvalue weighted by Crippen LogP contribution is -2.50. The minimum absolute atomic E-state index is 0.196. The molecule has 0 saturated carbocycles. The lowest BCUT2D eigenvalue weighted by atomic mass is 10.1. The van der Waals surface area contributed by atoms with Crippen LogP contribution in [0.25, 0.3) is 22.3 Å². The van der Waals surface area contributed by atoms with Crippen molar-refractivity contribution in [3.05, 3.63) is 83.3 Å². The number of hydrogen-bond acceptors (Lipinski definition) is 7. The normalized spacial score (nSPS) is 14.8. The fraction of sp³-hybridized carbons (Fsp3) is 0.200. The number of aromatic nitrogens is 3. The number of hydrogen-bond donors (Lipinski definition) is 1. The van der Waals surface area contributed by atoms with Crippen LogP contribution in [0.4, 0.5) is 0 Å². The van der Waals surface area contributed by atoms with Crippen LogP contribution in [-0.4, -0.2) is 64.7 Å². The number of fused-ring (bicyclic) bond motifs is 1. The van der Waals surface area contributed by atoms with Crippen LogP contribution in [-0.2, 0) is 16.6 Å². The molecule has 0 spiro atoms. The first-order valence-corrected chi connectivity index (χ1v) is 13.1. The first-order valence-electron chi connectivity index (χ1n) is 11.3. The minimum Gasteiger partial charge on any atom is -0.336 e. The van der Waals surface area contributed by atoms with Gasteiger partial charge in [0.05, 0.1) is 16.2 Å². The molecule has 1 fully saturated rings. The van der Waals surface area contributed by atoms with E-state index in [0.29, 0.717) is 28.6 Å². The van der Waals surface area contributed by atoms with Crippen molar-refractivity contribution in [1.82, 2.24) is 24.2 Å². The molecule has 0 bridgehead atoms. The first kappa shape index (κ1) is 24.3. The topological polar surface area (TPSA) is 122 Å². The maximum Gasteiger partial charge on any atom is 0.257 e. The Balaban J connectivity index is 1.26. The van der Waals surface area contributed by atoms with Gasteiger partial charge in [-0.25, -0.2) is 23.4 Å². The molecule has 3 heterocycles. The molecular formula is C25H23ClN6O3S. The summed E-state index contributed by atoms with van der Waals surface area (Å²) in [5, 5.41) is 2.26. The van der Waals surface area contributed by atoms with E-state index in [1.807, 2.05) is 12.1 Å². The fourth-order valence-corrected chi connectivity index (χ4v) is 5.75. The molecule has 0 aliphatic carbocycles. The van der Waals surface area contributed by atoms with E-state index >= 15 is 0 Å². The predicted octanol–water partition coefficient (Wildman–Crippen LogP) is 2.95. The molecule has 1 amide bonds. The monoisotopic (exact) mass is 522 g/mol. The van der Waals surface area contributed by atoms with Gasteiger partial charge in [-0.05, 0) is 47.2 Å². The fourth-order valence-electron chi connectivity index (χ4n) is 4.11. The third-order valence-electron chi connectivity index (χ3n) is 6.08. The van der Waals surface area contributed by atoms with Crippen LogP contribution in [0.2, 0.25) is 5.02 Å². The molecule has 36 heavy (non-hydrogen) atoms. The Kier molecular flexibility index (Phi) is 6.67. The van der Waals surface area contributed by atoms with Crippen molar-refractivity contribution in [1.29, 1.82) is 0 Å². The van der Waals surface area contributed by atoms with Crippen LogP contribution in [0, 0.1) is 0 Å². The molecule has 0 atom stereocenters. The largest absolute Gasteiger partial charge is 0.336 e. The maximum atomic E-state index is 13.2. The van der Waals surface area contributed by atoms with E-state index in [-0.39, 0.29) is 37.0 Å². The Hall–Kier alpha value is -3.44. The van der Waals surface area contributed by atoms with Crippen molar-refractivity contribution in [2.45, 2.75) is 11.4 Å². The van der Waals surface area contributed by atoms with Crippen LogP contribution >= 0.6 is 11.6 Å². The van der Waals surface area contributed by atoms with Gasteiger partial charge in [-0.3, -0.25) is 4.79 Å². The summed E-state index contributed by atoms with van der Waals surface area (Å²) >= 11 is 6.03. The quantitative estimate of drug-likeness (QED) is 0.427. The zero-order valence-corrected chi connectivity index (χ0v) is 20.8. The summed E-state index contributed by atoms with van der Waals surface area (Å²) in [6, 6.07) is 15.7. The highest BCUT2D eigenvalue weighted by Crippen LogP contribution is 2.25. The average molecular weight is 523 g/mol. The van der Waals surface area contributed by atoms with Gasteiger partial charge >= 0.3 is 0 Å². The van der Waals surface area contributed by atoms with E-state index in [9.17, 15) is 13.2 Å². The van der Waals surface area contributed by atoms with Gasteiger partial charge in [0.1, 0.15) is 5.69 Å². The lowest BCUT2D eigenvalue weighted by Gasteiger charge is -2.34. The number of benzene rings is 2. The van der Waals surface area contributed by atoms with Gasteiger partial charge in [-0.15, -0.1) is 0 Å². The molecule has 1 aliphatic heterocycles. The summed E-state index contributed by atoms with van der Waals surface area (Å²) in [7, 11) is -3.70. The molecule has 4 aromatic rings. The van der Waals surface area contributed by atoms with E-state index < -0.39 is 10.0 Å². The second kappa shape index (κ2) is 9.90. The molecule has 5 rings (SSSR count). The van der Waals surface area contributed by atoms with Crippen LogP contribution in [0.3, 0.4) is 0 Å². The highest BCUT2D eigenvalue weighted by molar-refractivity contribution is 7.89. The molecule has 2 aromatic carbocycles. The zero-order chi connectivity index (χ0) is 25.3. The van der Waals surface area contributed by atoms with E-state index in [1.54, 1.807) is 47.4 Å². The second-order valence-electron chi connectivity index (χ2n) is 8.36. The Morgan fingerprint density at radius 2 is 1.64 bits per heavy atom. The smallest absolute Gasteiger partial charge is 0.257 e. The molecule has 184 valence electrons. The van der Waals surface area contributed by atoms with Crippen LogP contribution in [0.15, 0.2) is 71.9 Å². The molecule has 0 radical (unpaired) electrons.